The Kier molecular flexibility index (Phi) is 18.8. The second-order valence-electron chi connectivity index (χ2n) is 12.6. The molecular formula is C41H54F6O3. The smallest absolute Gasteiger partial charge is 0.416 e. The minimum absolute atomic E-state index is 0.000401. The van der Waals surface area contributed by atoms with Gasteiger partial charge in [-0.15, -0.1) is 0 Å². The lowest BCUT2D eigenvalue weighted by Gasteiger charge is -2.34. The van der Waals surface area contributed by atoms with Gasteiger partial charge in [-0.25, -0.2) is 0 Å². The number of aliphatic hydroxyl groups excluding tert-OH is 2. The van der Waals surface area contributed by atoms with Crippen LogP contribution in [-0.2, 0) is 17.8 Å². The van der Waals surface area contributed by atoms with E-state index < -0.39 is 28.9 Å². The highest BCUT2D eigenvalue weighted by Gasteiger charge is 2.37. The van der Waals surface area contributed by atoms with Crippen molar-refractivity contribution in [2.45, 2.75) is 98.8 Å². The first-order chi connectivity index (χ1) is 23.0. The van der Waals surface area contributed by atoms with Crippen LogP contribution >= 0.6 is 0 Å². The molecule has 0 aliphatic carbocycles. The number of allylic oxidation sites excluding steroid dienone is 8. The van der Waals surface area contributed by atoms with Gasteiger partial charge in [0.25, 0.3) is 0 Å². The summed E-state index contributed by atoms with van der Waals surface area (Å²) in [6.45, 7) is 24.8. The lowest BCUT2D eigenvalue weighted by Crippen LogP contribution is -2.26. The molecule has 2 atom stereocenters. The van der Waals surface area contributed by atoms with Gasteiger partial charge >= 0.3 is 12.4 Å². The quantitative estimate of drug-likeness (QED) is 0.124. The Morgan fingerprint density at radius 2 is 1.06 bits per heavy atom. The number of benzene rings is 2. The zero-order valence-electron chi connectivity index (χ0n) is 30.7. The third kappa shape index (κ3) is 14.8. The molecule has 0 radical (unpaired) electrons. The van der Waals surface area contributed by atoms with Crippen molar-refractivity contribution in [3.63, 3.8) is 0 Å². The number of hydrogen-bond acceptors (Lipinski definition) is 3. The molecule has 3 N–H and O–H groups in total. The molecular weight excluding hydrogens is 654 g/mol. The van der Waals surface area contributed by atoms with Gasteiger partial charge in [0.1, 0.15) is 17.3 Å². The van der Waals surface area contributed by atoms with Crippen LogP contribution in [0.4, 0.5) is 26.3 Å². The van der Waals surface area contributed by atoms with Crippen LogP contribution in [-0.4, -0.2) is 15.3 Å². The number of hydrogen-bond donors (Lipinski definition) is 3. The summed E-state index contributed by atoms with van der Waals surface area (Å²) >= 11 is 0. The largest absolute Gasteiger partial charge is 0.509 e. The van der Waals surface area contributed by atoms with Gasteiger partial charge in [-0.05, 0) is 103 Å². The normalized spacial score (nSPS) is 15.1. The predicted octanol–water partition coefficient (Wildman–Crippen LogP) is 13.7. The Bertz CT molecular complexity index is 1420. The lowest BCUT2D eigenvalue weighted by atomic mass is 9.69. The summed E-state index contributed by atoms with van der Waals surface area (Å²) in [4.78, 5) is 0. The van der Waals surface area contributed by atoms with E-state index in [1.54, 1.807) is 38.1 Å². The number of rotatable bonds is 11. The fourth-order valence-corrected chi connectivity index (χ4v) is 4.69. The molecule has 0 saturated heterocycles. The fraction of sp³-hybridized carbons (Fsp3) is 0.415. The van der Waals surface area contributed by atoms with E-state index in [0.29, 0.717) is 6.42 Å². The first-order valence-corrected chi connectivity index (χ1v) is 16.5. The molecule has 50 heavy (non-hydrogen) atoms. The average molecular weight is 709 g/mol. The molecule has 0 fully saturated rings. The highest BCUT2D eigenvalue weighted by Crippen LogP contribution is 2.42. The number of phenolic OH excluding ortho intramolecular Hbond substituents is 1. The van der Waals surface area contributed by atoms with E-state index in [1.165, 1.54) is 18.6 Å². The van der Waals surface area contributed by atoms with Crippen molar-refractivity contribution in [2.24, 2.45) is 11.8 Å². The summed E-state index contributed by atoms with van der Waals surface area (Å²) in [5.41, 5.74) is -0.205. The Morgan fingerprint density at radius 1 is 0.680 bits per heavy atom. The van der Waals surface area contributed by atoms with Crippen LogP contribution in [0.3, 0.4) is 0 Å². The van der Waals surface area contributed by atoms with Crippen LogP contribution in [0.2, 0.25) is 0 Å². The monoisotopic (exact) mass is 708 g/mol. The summed E-state index contributed by atoms with van der Waals surface area (Å²) in [7, 11) is 0. The van der Waals surface area contributed by atoms with E-state index in [0.717, 1.165) is 34.8 Å². The molecule has 3 nitrogen and oxygen atoms in total. The van der Waals surface area contributed by atoms with Crippen molar-refractivity contribution < 1.29 is 41.7 Å². The number of aliphatic hydroxyl groups is 2. The zero-order chi connectivity index (χ0) is 39.0. The highest BCUT2D eigenvalue weighted by atomic mass is 19.4. The third-order valence-corrected chi connectivity index (χ3v) is 8.58. The standard InChI is InChI=1S/C22H26O3.C14H16F6.C5H12/c1-6-18(10-8-16(3)23)22(5,19(7-2)11-9-17(4)24)20-12-14-21(25)15-13-20;1-4-8(2)9(3)10-5-11(13(15,16)17)7-12(6-10)14(18,19)20;1-4-5(2)3/h6-15,23-25H,3-4H2,1-2,5H3;5-9H,4H2,1-3H3;5H,4H2,1-3H3/b10-8-,11-9-,18-6+,19-7+;;. The SMILES string of the molecule is C=C(O)/C=C\C(=C/C)C(C)(C(/C=C\C(=C)O)=C/C)c1ccc(O)cc1.CCC(C)C.CCC(C)C(C)c1cc(C(F)(F)F)cc(C(F)(F)F)c1. The van der Waals surface area contributed by atoms with E-state index >= 15 is 0 Å². The van der Waals surface area contributed by atoms with Gasteiger partial charge in [0.2, 0.25) is 0 Å². The topological polar surface area (TPSA) is 60.7 Å². The maximum absolute atomic E-state index is 12.7. The van der Waals surface area contributed by atoms with Gasteiger partial charge in [0.15, 0.2) is 0 Å². The molecule has 2 rings (SSSR count). The summed E-state index contributed by atoms with van der Waals surface area (Å²) in [5.74, 6) is 0.633. The molecule has 2 aromatic carbocycles. The molecule has 0 heterocycles. The Hall–Kier alpha value is -4.14. The van der Waals surface area contributed by atoms with Crippen LogP contribution < -0.4 is 0 Å². The van der Waals surface area contributed by atoms with Crippen LogP contribution in [0.1, 0.15) is 103 Å². The minimum Gasteiger partial charge on any atom is -0.509 e. The van der Waals surface area contributed by atoms with Gasteiger partial charge in [-0.3, -0.25) is 0 Å². The van der Waals surface area contributed by atoms with E-state index in [-0.39, 0.29) is 40.7 Å². The fourth-order valence-electron chi connectivity index (χ4n) is 4.69. The molecule has 0 amide bonds. The van der Waals surface area contributed by atoms with Crippen molar-refractivity contribution in [3.05, 3.63) is 137 Å². The molecule has 0 bridgehead atoms. The van der Waals surface area contributed by atoms with Crippen LogP contribution in [0.5, 0.6) is 5.75 Å². The summed E-state index contributed by atoms with van der Waals surface area (Å²) in [6.07, 6.45) is 3.01. The van der Waals surface area contributed by atoms with E-state index in [2.05, 4.69) is 33.9 Å². The Morgan fingerprint density at radius 3 is 1.34 bits per heavy atom. The van der Waals surface area contributed by atoms with Crippen molar-refractivity contribution in [2.75, 3.05) is 0 Å². The minimum atomic E-state index is -4.79. The second-order valence-corrected chi connectivity index (χ2v) is 12.6. The predicted molar refractivity (Wildman–Crippen MR) is 194 cm³/mol. The number of phenols is 1. The van der Waals surface area contributed by atoms with Crippen molar-refractivity contribution in [1.29, 1.82) is 0 Å². The van der Waals surface area contributed by atoms with Crippen LogP contribution in [0.15, 0.2) is 115 Å². The van der Waals surface area contributed by atoms with E-state index in [9.17, 15) is 41.7 Å². The summed E-state index contributed by atoms with van der Waals surface area (Å²) < 4.78 is 76.3. The van der Waals surface area contributed by atoms with Crippen LogP contribution in [0, 0.1) is 11.8 Å². The van der Waals surface area contributed by atoms with E-state index in [1.807, 2.05) is 52.0 Å². The average Bonchev–Trinajstić information content (AvgIpc) is 3.04. The molecule has 0 spiro atoms. The van der Waals surface area contributed by atoms with Gasteiger partial charge in [0.05, 0.1) is 11.1 Å². The number of alkyl halides is 6. The molecule has 278 valence electrons. The van der Waals surface area contributed by atoms with Crippen LogP contribution in [0.25, 0.3) is 0 Å². The van der Waals surface area contributed by atoms with E-state index in [4.69, 9.17) is 0 Å². The first kappa shape index (κ1) is 45.9. The number of halogens is 6. The Balaban J connectivity index is 0.000000860. The molecule has 2 unspecified atom stereocenters. The molecule has 0 aliphatic heterocycles. The third-order valence-electron chi connectivity index (χ3n) is 8.58. The summed E-state index contributed by atoms with van der Waals surface area (Å²) in [5, 5.41) is 28.5. The molecule has 0 aliphatic rings. The summed E-state index contributed by atoms with van der Waals surface area (Å²) in [6, 6.07) is 8.76. The van der Waals surface area contributed by atoms with Crippen molar-refractivity contribution in [3.8, 4) is 5.75 Å². The van der Waals surface area contributed by atoms with Gasteiger partial charge in [-0.1, -0.05) is 104 Å². The highest BCUT2D eigenvalue weighted by molar-refractivity contribution is 5.54. The van der Waals surface area contributed by atoms with Gasteiger partial charge in [-0.2, -0.15) is 26.3 Å². The van der Waals surface area contributed by atoms with Gasteiger partial charge in [0, 0.05) is 5.41 Å². The Labute approximate surface area is 294 Å². The first-order valence-electron chi connectivity index (χ1n) is 16.5. The maximum atomic E-state index is 12.7. The second kappa shape index (κ2) is 20.5. The molecule has 0 saturated carbocycles. The number of aromatic hydroxyl groups is 1. The molecule has 9 heteroatoms. The molecule has 0 aromatic heterocycles. The maximum Gasteiger partial charge on any atom is 0.416 e. The lowest BCUT2D eigenvalue weighted by molar-refractivity contribution is -0.143. The zero-order valence-corrected chi connectivity index (χ0v) is 30.7. The molecule has 2 aromatic rings. The van der Waals surface area contributed by atoms with Crippen molar-refractivity contribution in [1.82, 2.24) is 0 Å². The van der Waals surface area contributed by atoms with Gasteiger partial charge < -0.3 is 15.3 Å². The van der Waals surface area contributed by atoms with Crippen molar-refractivity contribution >= 4 is 0 Å².